The molecule has 0 spiro atoms. The van der Waals surface area contributed by atoms with Crippen LogP contribution in [0.3, 0.4) is 0 Å². The molecule has 29 heavy (non-hydrogen) atoms. The number of nitrogens with zero attached hydrogens (tertiary/aromatic N) is 1. The molecule has 0 aliphatic rings. The molecular formula is C22H32N3O3S+. The van der Waals surface area contributed by atoms with Crippen LogP contribution in [0.15, 0.2) is 53.4 Å². The third kappa shape index (κ3) is 6.13. The zero-order valence-corrected chi connectivity index (χ0v) is 18.7. The van der Waals surface area contributed by atoms with Crippen molar-refractivity contribution in [2.24, 2.45) is 5.92 Å². The topological polar surface area (TPSA) is 83.1 Å². The van der Waals surface area contributed by atoms with Gasteiger partial charge in [-0.15, -0.1) is 0 Å². The van der Waals surface area contributed by atoms with Gasteiger partial charge in [0.25, 0.3) is 5.91 Å². The maximum Gasteiger partial charge on any atom is 0.279 e. The molecule has 0 fully saturated rings. The molecule has 0 heterocycles. The number of benzene rings is 2. The van der Waals surface area contributed by atoms with E-state index in [9.17, 15) is 13.2 Å². The van der Waals surface area contributed by atoms with Crippen molar-refractivity contribution in [3.63, 3.8) is 0 Å². The maximum atomic E-state index is 12.4. The number of amides is 1. The first-order chi connectivity index (χ1) is 13.6. The number of nitrogens with two attached hydrogens (primary N) is 1. The lowest BCUT2D eigenvalue weighted by molar-refractivity contribution is -0.692. The van der Waals surface area contributed by atoms with Crippen LogP contribution < -0.4 is 10.6 Å². The minimum Gasteiger partial charge on any atom is -0.332 e. The lowest BCUT2D eigenvalue weighted by atomic mass is 9.95. The summed E-state index contributed by atoms with van der Waals surface area (Å²) < 4.78 is 25.4. The Bertz CT molecular complexity index is 905. The number of carbonyl (C=O) groups excluding carboxylic acids is 1. The molecule has 0 saturated heterocycles. The Morgan fingerprint density at radius 1 is 1.03 bits per heavy atom. The van der Waals surface area contributed by atoms with E-state index in [2.05, 4.69) is 50.4 Å². The highest BCUT2D eigenvalue weighted by atomic mass is 32.2. The van der Waals surface area contributed by atoms with E-state index in [-0.39, 0.29) is 23.4 Å². The number of quaternary nitrogens is 1. The summed E-state index contributed by atoms with van der Waals surface area (Å²) >= 11 is 0. The van der Waals surface area contributed by atoms with Crippen molar-refractivity contribution in [1.29, 1.82) is 0 Å². The Balaban J connectivity index is 1.98. The van der Waals surface area contributed by atoms with E-state index in [1.54, 1.807) is 12.1 Å². The lowest BCUT2D eigenvalue weighted by Gasteiger charge is -2.20. The number of anilines is 1. The standard InChI is InChI=1S/C22H31N3O3S/c1-6-17-7-9-18(10-8-17)22(16(2)3)23-15-21(26)24-19-11-13-20(14-12-19)29(27,28)25(4)5/h7-14,16,22-23H,6,15H2,1-5H3,(H,24,26)/p+1/t22-/m0/s1. The molecule has 0 saturated carbocycles. The van der Waals surface area contributed by atoms with Gasteiger partial charge in [-0.3, -0.25) is 4.79 Å². The van der Waals surface area contributed by atoms with Crippen LogP contribution >= 0.6 is 0 Å². The van der Waals surface area contributed by atoms with Gasteiger partial charge in [-0.05, 0) is 36.2 Å². The second kappa shape index (κ2) is 10.0. The second-order valence-electron chi connectivity index (χ2n) is 7.66. The molecule has 0 radical (unpaired) electrons. The highest BCUT2D eigenvalue weighted by Gasteiger charge is 2.21. The van der Waals surface area contributed by atoms with Gasteiger partial charge in [0.1, 0.15) is 6.04 Å². The first-order valence-electron chi connectivity index (χ1n) is 9.89. The second-order valence-corrected chi connectivity index (χ2v) is 9.82. The number of carbonyl (C=O) groups is 1. The van der Waals surface area contributed by atoms with Gasteiger partial charge in [0.05, 0.1) is 4.90 Å². The molecule has 0 unspecified atom stereocenters. The van der Waals surface area contributed by atoms with E-state index in [0.29, 0.717) is 11.6 Å². The largest absolute Gasteiger partial charge is 0.332 e. The Kier molecular flexibility index (Phi) is 7.96. The van der Waals surface area contributed by atoms with Crippen molar-refractivity contribution < 1.29 is 18.5 Å². The summed E-state index contributed by atoms with van der Waals surface area (Å²) in [5, 5.41) is 4.88. The summed E-state index contributed by atoms with van der Waals surface area (Å²) in [5.41, 5.74) is 3.09. The van der Waals surface area contributed by atoms with Crippen molar-refractivity contribution in [3.8, 4) is 0 Å². The molecule has 6 nitrogen and oxygen atoms in total. The fourth-order valence-electron chi connectivity index (χ4n) is 3.14. The van der Waals surface area contributed by atoms with Gasteiger partial charge >= 0.3 is 0 Å². The average Bonchev–Trinajstić information content (AvgIpc) is 2.68. The molecule has 0 bridgehead atoms. The van der Waals surface area contributed by atoms with Crippen LogP contribution in [0.25, 0.3) is 0 Å². The predicted octanol–water partition coefficient (Wildman–Crippen LogP) is 2.40. The van der Waals surface area contributed by atoms with Crippen molar-refractivity contribution in [1.82, 2.24) is 4.31 Å². The van der Waals surface area contributed by atoms with Crippen molar-refractivity contribution in [3.05, 3.63) is 59.7 Å². The first kappa shape index (κ1) is 23.1. The maximum absolute atomic E-state index is 12.4. The third-order valence-electron chi connectivity index (χ3n) is 4.96. The Hall–Kier alpha value is -2.22. The van der Waals surface area contributed by atoms with Crippen LogP contribution in [0.2, 0.25) is 0 Å². The summed E-state index contributed by atoms with van der Waals surface area (Å²) in [4.78, 5) is 12.6. The lowest BCUT2D eigenvalue weighted by Crippen LogP contribution is -2.88. The molecule has 2 aromatic carbocycles. The fraction of sp³-hybridized carbons (Fsp3) is 0.409. The van der Waals surface area contributed by atoms with Crippen molar-refractivity contribution in [2.45, 2.75) is 38.1 Å². The normalized spacial score (nSPS) is 12.9. The summed E-state index contributed by atoms with van der Waals surface area (Å²) in [6, 6.07) is 15.0. The zero-order valence-electron chi connectivity index (χ0n) is 17.8. The number of nitrogens with one attached hydrogen (secondary N) is 1. The molecule has 3 N–H and O–H groups in total. The minimum atomic E-state index is -3.47. The zero-order chi connectivity index (χ0) is 21.6. The first-order valence-corrected chi connectivity index (χ1v) is 11.3. The fourth-order valence-corrected chi connectivity index (χ4v) is 4.04. The van der Waals surface area contributed by atoms with E-state index < -0.39 is 10.0 Å². The molecule has 2 rings (SSSR count). The van der Waals surface area contributed by atoms with E-state index in [0.717, 1.165) is 10.7 Å². The summed E-state index contributed by atoms with van der Waals surface area (Å²) in [5.74, 6) is 0.259. The minimum absolute atomic E-state index is 0.121. The van der Waals surface area contributed by atoms with Gasteiger partial charge in [0.2, 0.25) is 10.0 Å². The van der Waals surface area contributed by atoms with Crippen LogP contribution in [-0.2, 0) is 21.2 Å². The van der Waals surface area contributed by atoms with E-state index in [4.69, 9.17) is 0 Å². The smallest absolute Gasteiger partial charge is 0.279 e. The third-order valence-corrected chi connectivity index (χ3v) is 6.79. The number of hydrogen-bond acceptors (Lipinski definition) is 3. The van der Waals surface area contributed by atoms with Gasteiger partial charge in [0, 0.05) is 31.3 Å². The van der Waals surface area contributed by atoms with Gasteiger partial charge in [0.15, 0.2) is 6.54 Å². The van der Waals surface area contributed by atoms with E-state index >= 15 is 0 Å². The SMILES string of the molecule is CCc1ccc([C@@H]([NH2+]CC(=O)Nc2ccc(S(=O)(=O)N(C)C)cc2)C(C)C)cc1. The summed E-state index contributed by atoms with van der Waals surface area (Å²) in [6.07, 6.45) is 1.01. The van der Waals surface area contributed by atoms with Gasteiger partial charge in [-0.2, -0.15) is 0 Å². The molecule has 0 aromatic heterocycles. The Labute approximate surface area is 174 Å². The molecule has 7 heteroatoms. The summed E-state index contributed by atoms with van der Waals surface area (Å²) in [7, 11) is -0.499. The van der Waals surface area contributed by atoms with Gasteiger partial charge < -0.3 is 10.6 Å². The van der Waals surface area contributed by atoms with Crippen molar-refractivity contribution >= 4 is 21.6 Å². The number of sulfonamides is 1. The Morgan fingerprint density at radius 3 is 2.10 bits per heavy atom. The quantitative estimate of drug-likeness (QED) is 0.656. The van der Waals surface area contributed by atoms with Crippen LogP contribution in [0.4, 0.5) is 5.69 Å². The van der Waals surface area contributed by atoms with Gasteiger partial charge in [-0.1, -0.05) is 45.0 Å². The predicted molar refractivity (Wildman–Crippen MR) is 116 cm³/mol. The number of hydrogen-bond donors (Lipinski definition) is 2. The monoisotopic (exact) mass is 418 g/mol. The van der Waals surface area contributed by atoms with Crippen LogP contribution in [0.5, 0.6) is 0 Å². The van der Waals surface area contributed by atoms with Gasteiger partial charge in [-0.25, -0.2) is 12.7 Å². The molecule has 1 atom stereocenters. The van der Waals surface area contributed by atoms with E-state index in [1.165, 1.54) is 37.4 Å². The Morgan fingerprint density at radius 2 is 1.62 bits per heavy atom. The molecule has 0 aliphatic heterocycles. The average molecular weight is 419 g/mol. The number of rotatable bonds is 9. The van der Waals surface area contributed by atoms with Crippen LogP contribution in [-0.4, -0.2) is 39.3 Å². The molecular weight excluding hydrogens is 386 g/mol. The molecule has 2 aromatic rings. The highest BCUT2D eigenvalue weighted by Crippen LogP contribution is 2.19. The molecule has 0 aliphatic carbocycles. The molecule has 158 valence electrons. The van der Waals surface area contributed by atoms with Crippen LogP contribution in [0.1, 0.15) is 37.9 Å². The molecule has 1 amide bonds. The number of aryl methyl sites for hydroxylation is 1. The highest BCUT2D eigenvalue weighted by molar-refractivity contribution is 7.89. The van der Waals surface area contributed by atoms with Crippen LogP contribution in [0, 0.1) is 5.92 Å². The van der Waals surface area contributed by atoms with E-state index in [1.807, 2.05) is 5.32 Å². The summed E-state index contributed by atoms with van der Waals surface area (Å²) in [6.45, 7) is 6.72. The van der Waals surface area contributed by atoms with Crippen molar-refractivity contribution in [2.75, 3.05) is 26.0 Å².